The number of primary amides is 1. The van der Waals surface area contributed by atoms with E-state index in [2.05, 4.69) is 24.3 Å². The number of likely N-dealkylation sites (N-methyl/N-ethyl adjacent to an activating group) is 1. The van der Waals surface area contributed by atoms with Gasteiger partial charge in [0.2, 0.25) is 5.91 Å². The Morgan fingerprint density at radius 1 is 1.10 bits per heavy atom. The zero-order valence-electron chi connectivity index (χ0n) is 12.6. The Kier molecular flexibility index (Phi) is 4.96. The molecule has 1 aromatic carbocycles. The fourth-order valence-corrected chi connectivity index (χ4v) is 2.94. The molecule has 1 aliphatic carbocycles. The van der Waals surface area contributed by atoms with Crippen LogP contribution in [0.3, 0.4) is 0 Å². The molecule has 2 atom stereocenters. The maximum Gasteiger partial charge on any atom is 0.251 e. The van der Waals surface area contributed by atoms with E-state index in [4.69, 9.17) is 5.73 Å². The summed E-state index contributed by atoms with van der Waals surface area (Å²) in [6, 6.07) is 7.01. The van der Waals surface area contributed by atoms with Gasteiger partial charge in [0.1, 0.15) is 0 Å². The summed E-state index contributed by atoms with van der Waals surface area (Å²) >= 11 is 0. The number of hydrogen-bond acceptors (Lipinski definition) is 3. The normalized spacial score (nSPS) is 22.0. The molecule has 0 unspecified atom stereocenters. The largest absolute Gasteiger partial charge is 0.366 e. The highest BCUT2D eigenvalue weighted by molar-refractivity contribution is 5.97. The molecule has 0 saturated heterocycles. The van der Waals surface area contributed by atoms with E-state index in [1.165, 1.54) is 6.42 Å². The first-order chi connectivity index (χ1) is 9.99. The van der Waals surface area contributed by atoms with Crippen LogP contribution in [0.4, 0.5) is 0 Å². The van der Waals surface area contributed by atoms with Crippen molar-refractivity contribution in [1.82, 2.24) is 10.2 Å². The van der Waals surface area contributed by atoms with Crippen molar-refractivity contribution in [3.8, 4) is 0 Å². The fourth-order valence-electron chi connectivity index (χ4n) is 2.94. The molecule has 0 radical (unpaired) electrons. The third-order valence-electron chi connectivity index (χ3n) is 4.14. The van der Waals surface area contributed by atoms with Gasteiger partial charge in [-0.05, 0) is 51.2 Å². The molecule has 0 bridgehead atoms. The highest BCUT2D eigenvalue weighted by atomic mass is 16.2. The number of benzene rings is 1. The van der Waals surface area contributed by atoms with Crippen LogP contribution in [0.15, 0.2) is 24.3 Å². The van der Waals surface area contributed by atoms with Crippen LogP contribution < -0.4 is 11.1 Å². The monoisotopic (exact) mass is 289 g/mol. The number of nitrogens with one attached hydrogen (secondary N) is 1. The molecule has 5 nitrogen and oxygen atoms in total. The summed E-state index contributed by atoms with van der Waals surface area (Å²) in [7, 11) is 4.10. The summed E-state index contributed by atoms with van der Waals surface area (Å²) in [6.07, 6.45) is 4.48. The summed E-state index contributed by atoms with van der Waals surface area (Å²) in [4.78, 5) is 25.5. The van der Waals surface area contributed by atoms with E-state index < -0.39 is 5.91 Å². The topological polar surface area (TPSA) is 75.4 Å². The maximum atomic E-state index is 12.3. The van der Waals surface area contributed by atoms with Crippen molar-refractivity contribution in [2.45, 2.75) is 37.8 Å². The highest BCUT2D eigenvalue weighted by Gasteiger charge is 2.28. The summed E-state index contributed by atoms with van der Waals surface area (Å²) in [5.74, 6) is -0.577. The molecule has 5 heteroatoms. The Morgan fingerprint density at radius 2 is 1.67 bits per heavy atom. The van der Waals surface area contributed by atoms with Gasteiger partial charge in [0.15, 0.2) is 0 Å². The summed E-state index contributed by atoms with van der Waals surface area (Å²) in [5, 5.41) is 3.12. The van der Waals surface area contributed by atoms with E-state index in [0.717, 1.165) is 19.3 Å². The molecule has 2 amide bonds. The molecule has 1 aromatic rings. The molecular formula is C16H23N3O2. The molecule has 3 N–H and O–H groups in total. The van der Waals surface area contributed by atoms with Crippen LogP contribution in [-0.2, 0) is 0 Å². The molecule has 0 aromatic heterocycles. The molecule has 0 spiro atoms. The van der Waals surface area contributed by atoms with Gasteiger partial charge in [-0.15, -0.1) is 0 Å². The second-order valence-electron chi connectivity index (χ2n) is 5.84. The van der Waals surface area contributed by atoms with Crippen LogP contribution in [0.25, 0.3) is 0 Å². The Bertz CT molecular complexity index is 511. The van der Waals surface area contributed by atoms with E-state index in [9.17, 15) is 9.59 Å². The van der Waals surface area contributed by atoms with Crippen molar-refractivity contribution < 1.29 is 9.59 Å². The maximum absolute atomic E-state index is 12.3. The van der Waals surface area contributed by atoms with Gasteiger partial charge in [0, 0.05) is 23.2 Å². The van der Waals surface area contributed by atoms with Crippen molar-refractivity contribution in [2.75, 3.05) is 14.1 Å². The lowest BCUT2D eigenvalue weighted by Gasteiger charge is -2.36. The quantitative estimate of drug-likeness (QED) is 0.879. The van der Waals surface area contributed by atoms with Crippen LogP contribution in [0.5, 0.6) is 0 Å². The number of nitrogens with zero attached hydrogens (tertiary/aromatic N) is 1. The highest BCUT2D eigenvalue weighted by Crippen LogP contribution is 2.22. The molecule has 2 rings (SSSR count). The zero-order chi connectivity index (χ0) is 15.4. The van der Waals surface area contributed by atoms with Crippen molar-refractivity contribution in [1.29, 1.82) is 0 Å². The van der Waals surface area contributed by atoms with Gasteiger partial charge in [-0.3, -0.25) is 9.59 Å². The van der Waals surface area contributed by atoms with E-state index in [0.29, 0.717) is 17.2 Å². The van der Waals surface area contributed by atoms with Gasteiger partial charge in [-0.2, -0.15) is 0 Å². The summed E-state index contributed by atoms with van der Waals surface area (Å²) < 4.78 is 0. The van der Waals surface area contributed by atoms with Crippen LogP contribution in [0.1, 0.15) is 46.4 Å². The average Bonchev–Trinajstić information content (AvgIpc) is 2.47. The van der Waals surface area contributed by atoms with Gasteiger partial charge in [-0.25, -0.2) is 0 Å². The second kappa shape index (κ2) is 6.72. The number of amides is 2. The molecule has 1 saturated carbocycles. The minimum Gasteiger partial charge on any atom is -0.366 e. The van der Waals surface area contributed by atoms with Gasteiger partial charge < -0.3 is 16.0 Å². The van der Waals surface area contributed by atoms with Crippen molar-refractivity contribution in [3.05, 3.63) is 35.4 Å². The Morgan fingerprint density at radius 3 is 2.24 bits per heavy atom. The summed E-state index contributed by atoms with van der Waals surface area (Å²) in [6.45, 7) is 0. The van der Waals surface area contributed by atoms with Crippen molar-refractivity contribution >= 4 is 11.8 Å². The number of carbonyl (C=O) groups is 2. The minimum absolute atomic E-state index is 0.0928. The first-order valence-electron chi connectivity index (χ1n) is 7.36. The van der Waals surface area contributed by atoms with Crippen LogP contribution in [0.2, 0.25) is 0 Å². The van der Waals surface area contributed by atoms with Crippen LogP contribution in [0, 0.1) is 0 Å². The molecule has 21 heavy (non-hydrogen) atoms. The smallest absolute Gasteiger partial charge is 0.251 e. The summed E-state index contributed by atoms with van der Waals surface area (Å²) in [5.41, 5.74) is 6.17. The standard InChI is InChI=1S/C16H23N3O2/c1-19(2)14-6-4-3-5-13(14)18-16(21)12-9-7-11(8-10-12)15(17)20/h7-10,13-14H,3-6H2,1-2H3,(H2,17,20)(H,18,21)/t13-,14-/m1/s1. The van der Waals surface area contributed by atoms with Crippen LogP contribution >= 0.6 is 0 Å². The predicted molar refractivity (Wildman–Crippen MR) is 82.2 cm³/mol. The van der Waals surface area contributed by atoms with E-state index in [1.54, 1.807) is 24.3 Å². The lowest BCUT2D eigenvalue weighted by Crippen LogP contribution is -2.51. The number of nitrogens with two attached hydrogens (primary N) is 1. The predicted octanol–water partition coefficient (Wildman–Crippen LogP) is 1.39. The Labute approximate surface area is 125 Å². The number of rotatable bonds is 4. The van der Waals surface area contributed by atoms with E-state index >= 15 is 0 Å². The Hall–Kier alpha value is -1.88. The third kappa shape index (κ3) is 3.82. The molecule has 0 heterocycles. The van der Waals surface area contributed by atoms with Crippen molar-refractivity contribution in [3.63, 3.8) is 0 Å². The number of carbonyl (C=O) groups excluding carboxylic acids is 2. The molecule has 1 aliphatic rings. The Balaban J connectivity index is 2.04. The fraction of sp³-hybridized carbons (Fsp3) is 0.500. The first kappa shape index (κ1) is 15.5. The molecule has 0 aliphatic heterocycles. The first-order valence-corrected chi connectivity index (χ1v) is 7.36. The lowest BCUT2D eigenvalue weighted by molar-refractivity contribution is 0.0881. The van der Waals surface area contributed by atoms with E-state index in [1.807, 2.05) is 0 Å². The molecule has 1 fully saturated rings. The van der Waals surface area contributed by atoms with Crippen molar-refractivity contribution in [2.24, 2.45) is 5.73 Å². The van der Waals surface area contributed by atoms with E-state index in [-0.39, 0.29) is 11.9 Å². The lowest BCUT2D eigenvalue weighted by atomic mass is 9.89. The van der Waals surface area contributed by atoms with Gasteiger partial charge in [0.05, 0.1) is 0 Å². The third-order valence-corrected chi connectivity index (χ3v) is 4.14. The van der Waals surface area contributed by atoms with Crippen LogP contribution in [-0.4, -0.2) is 42.9 Å². The molecule has 114 valence electrons. The minimum atomic E-state index is -0.484. The van der Waals surface area contributed by atoms with Gasteiger partial charge >= 0.3 is 0 Å². The zero-order valence-corrected chi connectivity index (χ0v) is 12.6. The average molecular weight is 289 g/mol. The number of hydrogen-bond donors (Lipinski definition) is 2. The second-order valence-corrected chi connectivity index (χ2v) is 5.84. The van der Waals surface area contributed by atoms with Gasteiger partial charge in [-0.1, -0.05) is 12.8 Å². The SMILES string of the molecule is CN(C)[C@@H]1CCCC[C@H]1NC(=O)c1ccc(C(N)=O)cc1. The van der Waals surface area contributed by atoms with Gasteiger partial charge in [0.25, 0.3) is 5.91 Å². The molecular weight excluding hydrogens is 266 g/mol.